The van der Waals surface area contributed by atoms with Gasteiger partial charge in [0.05, 0.1) is 5.69 Å². The number of hydrogen-bond acceptors (Lipinski definition) is 4. The van der Waals surface area contributed by atoms with E-state index in [4.69, 9.17) is 10.9 Å². The van der Waals surface area contributed by atoms with Gasteiger partial charge in [0.15, 0.2) is 0 Å². The molecule has 1 atom stereocenters. The first-order valence-corrected chi connectivity index (χ1v) is 6.84. The molecule has 0 amide bonds. The van der Waals surface area contributed by atoms with E-state index in [1.54, 1.807) is 4.68 Å². The normalized spacial score (nSPS) is 13.3. The summed E-state index contributed by atoms with van der Waals surface area (Å²) in [6.07, 6.45) is 2.44. The van der Waals surface area contributed by atoms with Crippen molar-refractivity contribution in [3.63, 3.8) is 0 Å². The van der Waals surface area contributed by atoms with Crippen LogP contribution in [0.4, 0.5) is 0 Å². The lowest BCUT2D eigenvalue weighted by atomic mass is 10.0. The highest BCUT2D eigenvalue weighted by Gasteiger charge is 2.14. The molecule has 0 bridgehead atoms. The maximum atomic E-state index is 8.79. The molecule has 1 unspecified atom stereocenters. The van der Waals surface area contributed by atoms with E-state index >= 15 is 0 Å². The van der Waals surface area contributed by atoms with Crippen LogP contribution >= 0.6 is 0 Å². The lowest BCUT2D eigenvalue weighted by Crippen LogP contribution is -2.26. The van der Waals surface area contributed by atoms with Crippen LogP contribution < -0.4 is 11.1 Å². The number of nitrogens with zero attached hydrogens (tertiary/aromatic N) is 3. The maximum Gasteiger partial charge on any atom is 0.141 e. The van der Waals surface area contributed by atoms with Crippen LogP contribution in [0, 0.1) is 6.92 Å². The predicted molar refractivity (Wildman–Crippen MR) is 82.0 cm³/mol. The Balaban J connectivity index is 2.11. The zero-order valence-corrected chi connectivity index (χ0v) is 12.3. The first-order valence-electron chi connectivity index (χ1n) is 6.84. The third kappa shape index (κ3) is 4.06. The molecule has 0 fully saturated rings. The minimum atomic E-state index is -0.0123. The topological polar surface area (TPSA) is 88.5 Å². The molecule has 4 N–H and O–H groups in total. The largest absolute Gasteiger partial charge is 0.409 e. The molecule has 0 spiro atoms. The highest BCUT2D eigenvalue weighted by atomic mass is 16.4. The Morgan fingerprint density at radius 2 is 2.14 bits per heavy atom. The molecule has 2 aromatic rings. The van der Waals surface area contributed by atoms with Crippen LogP contribution in [0.3, 0.4) is 0 Å². The van der Waals surface area contributed by atoms with Crippen LogP contribution in [0.5, 0.6) is 0 Å². The summed E-state index contributed by atoms with van der Waals surface area (Å²) in [5.41, 5.74) is 8.90. The van der Waals surface area contributed by atoms with Gasteiger partial charge in [-0.15, -0.1) is 0 Å². The lowest BCUT2D eigenvalue weighted by Gasteiger charge is -2.18. The Labute approximate surface area is 124 Å². The van der Waals surface area contributed by atoms with Crippen LogP contribution in [-0.2, 0) is 13.6 Å². The van der Waals surface area contributed by atoms with Gasteiger partial charge in [0.2, 0.25) is 0 Å². The van der Waals surface area contributed by atoms with Crippen LogP contribution in [0.25, 0.3) is 0 Å². The summed E-state index contributed by atoms with van der Waals surface area (Å²) in [6.45, 7) is 2.66. The summed E-state index contributed by atoms with van der Waals surface area (Å²) in [4.78, 5) is 0. The van der Waals surface area contributed by atoms with Gasteiger partial charge in [0.25, 0.3) is 0 Å². The molecule has 0 radical (unpaired) electrons. The van der Waals surface area contributed by atoms with Gasteiger partial charge >= 0.3 is 0 Å². The van der Waals surface area contributed by atoms with Crippen LogP contribution in [0.2, 0.25) is 0 Å². The van der Waals surface area contributed by atoms with E-state index in [0.29, 0.717) is 13.0 Å². The number of hydrogen-bond donors (Lipinski definition) is 3. The number of oxime groups is 1. The molecule has 2 rings (SSSR count). The van der Waals surface area contributed by atoms with Crippen LogP contribution in [0.1, 0.15) is 29.3 Å². The first-order chi connectivity index (χ1) is 10.1. The minimum Gasteiger partial charge on any atom is -0.409 e. The van der Waals surface area contributed by atoms with Crippen molar-refractivity contribution in [2.45, 2.75) is 25.9 Å². The smallest absolute Gasteiger partial charge is 0.141 e. The third-order valence-corrected chi connectivity index (χ3v) is 3.40. The van der Waals surface area contributed by atoms with Crippen molar-refractivity contribution in [2.75, 3.05) is 0 Å². The molecule has 0 saturated carbocycles. The molecule has 1 heterocycles. The van der Waals surface area contributed by atoms with Crippen molar-refractivity contribution in [3.05, 3.63) is 53.3 Å². The van der Waals surface area contributed by atoms with Gasteiger partial charge in [-0.05, 0) is 12.5 Å². The van der Waals surface area contributed by atoms with Crippen molar-refractivity contribution in [3.8, 4) is 0 Å². The van der Waals surface area contributed by atoms with Crippen molar-refractivity contribution in [1.29, 1.82) is 0 Å². The molecular weight excluding hydrogens is 266 g/mol. The van der Waals surface area contributed by atoms with Crippen molar-refractivity contribution in [1.82, 2.24) is 15.1 Å². The fraction of sp³-hybridized carbons (Fsp3) is 0.333. The molecule has 112 valence electrons. The zero-order chi connectivity index (χ0) is 15.2. The van der Waals surface area contributed by atoms with E-state index in [2.05, 4.69) is 15.6 Å². The van der Waals surface area contributed by atoms with Gasteiger partial charge < -0.3 is 16.3 Å². The van der Waals surface area contributed by atoms with Gasteiger partial charge in [-0.25, -0.2) is 0 Å². The fourth-order valence-electron chi connectivity index (χ4n) is 2.30. The summed E-state index contributed by atoms with van der Waals surface area (Å²) in [7, 11) is 1.90. The Bertz CT molecular complexity index is 606. The molecule has 21 heavy (non-hydrogen) atoms. The highest BCUT2D eigenvalue weighted by Crippen LogP contribution is 2.17. The summed E-state index contributed by atoms with van der Waals surface area (Å²) >= 11 is 0. The number of amidine groups is 1. The van der Waals surface area contributed by atoms with E-state index < -0.39 is 0 Å². The Morgan fingerprint density at radius 3 is 2.71 bits per heavy atom. The summed E-state index contributed by atoms with van der Waals surface area (Å²) < 4.78 is 1.80. The standard InChI is InChI=1S/C15H21N5O/c1-11-13(10-20(2)18-11)9-17-14(8-15(16)19-21)12-6-4-3-5-7-12/h3-7,10,14,17,21H,8-9H2,1-2H3,(H2,16,19). The van der Waals surface area contributed by atoms with E-state index in [-0.39, 0.29) is 11.9 Å². The first kappa shape index (κ1) is 15.1. The second-order valence-corrected chi connectivity index (χ2v) is 5.05. The average molecular weight is 287 g/mol. The Kier molecular flexibility index (Phi) is 4.94. The highest BCUT2D eigenvalue weighted by molar-refractivity contribution is 5.80. The van der Waals surface area contributed by atoms with Gasteiger partial charge in [-0.1, -0.05) is 35.5 Å². The molecule has 0 saturated heterocycles. The molecule has 0 aliphatic carbocycles. The number of nitrogens with one attached hydrogen (secondary N) is 1. The van der Waals surface area contributed by atoms with Crippen molar-refractivity contribution >= 4 is 5.84 Å². The van der Waals surface area contributed by atoms with Gasteiger partial charge in [0, 0.05) is 37.8 Å². The average Bonchev–Trinajstić information content (AvgIpc) is 2.82. The quantitative estimate of drug-likeness (QED) is 0.326. The summed E-state index contributed by atoms with van der Waals surface area (Å²) in [5.74, 6) is 0.208. The number of aryl methyl sites for hydroxylation is 2. The Morgan fingerprint density at radius 1 is 1.43 bits per heavy atom. The maximum absolute atomic E-state index is 8.79. The lowest BCUT2D eigenvalue weighted by molar-refractivity contribution is 0.315. The SMILES string of the molecule is Cc1nn(C)cc1CNC(C/C(N)=N/O)c1ccccc1. The number of rotatable bonds is 6. The molecule has 6 heteroatoms. The summed E-state index contributed by atoms with van der Waals surface area (Å²) in [5, 5.41) is 19.6. The van der Waals surface area contributed by atoms with Gasteiger partial charge in [-0.2, -0.15) is 5.10 Å². The monoisotopic (exact) mass is 287 g/mol. The summed E-state index contributed by atoms with van der Waals surface area (Å²) in [6, 6.07) is 9.96. The zero-order valence-electron chi connectivity index (χ0n) is 12.3. The molecule has 0 aliphatic rings. The second-order valence-electron chi connectivity index (χ2n) is 5.05. The molecule has 0 aliphatic heterocycles. The van der Waals surface area contributed by atoms with Gasteiger partial charge in [0.1, 0.15) is 5.84 Å². The van der Waals surface area contributed by atoms with E-state index in [9.17, 15) is 0 Å². The Hall–Kier alpha value is -2.34. The predicted octanol–water partition coefficient (Wildman–Crippen LogP) is 1.70. The third-order valence-electron chi connectivity index (χ3n) is 3.40. The van der Waals surface area contributed by atoms with E-state index in [1.165, 1.54) is 0 Å². The number of benzene rings is 1. The van der Waals surface area contributed by atoms with Crippen LogP contribution in [0.15, 0.2) is 41.7 Å². The molecular formula is C15H21N5O. The minimum absolute atomic E-state index is 0.0123. The van der Waals surface area contributed by atoms with Crippen molar-refractivity contribution < 1.29 is 5.21 Å². The van der Waals surface area contributed by atoms with E-state index in [1.807, 2.05) is 50.5 Å². The second kappa shape index (κ2) is 6.90. The number of nitrogens with two attached hydrogens (primary N) is 1. The van der Waals surface area contributed by atoms with Gasteiger partial charge in [-0.3, -0.25) is 4.68 Å². The molecule has 6 nitrogen and oxygen atoms in total. The number of aromatic nitrogens is 2. The molecule has 1 aromatic heterocycles. The molecule has 1 aromatic carbocycles. The van der Waals surface area contributed by atoms with Crippen molar-refractivity contribution in [2.24, 2.45) is 17.9 Å². The van der Waals surface area contributed by atoms with E-state index in [0.717, 1.165) is 16.8 Å². The fourth-order valence-corrected chi connectivity index (χ4v) is 2.30. The van der Waals surface area contributed by atoms with Crippen LogP contribution in [-0.4, -0.2) is 20.8 Å².